The minimum absolute atomic E-state index is 0.0961. The second-order valence-electron chi connectivity index (χ2n) is 7.93. The van der Waals surface area contributed by atoms with E-state index in [1.54, 1.807) is 47.4 Å². The number of ether oxygens (including phenoxy) is 1. The van der Waals surface area contributed by atoms with E-state index in [4.69, 9.17) is 4.74 Å². The molecule has 0 saturated carbocycles. The Kier molecular flexibility index (Phi) is 6.40. The van der Waals surface area contributed by atoms with Gasteiger partial charge >= 0.3 is 0 Å². The minimum atomic E-state index is -0.510. The van der Waals surface area contributed by atoms with Crippen LogP contribution in [0.3, 0.4) is 0 Å². The molecule has 7 heteroatoms. The zero-order valence-electron chi connectivity index (χ0n) is 18.5. The van der Waals surface area contributed by atoms with Crippen LogP contribution in [0, 0.1) is 12.8 Å². The Hall–Kier alpha value is -4.13. The molecule has 0 aromatic heterocycles. The summed E-state index contributed by atoms with van der Waals surface area (Å²) in [6, 6.07) is 21.5. The van der Waals surface area contributed by atoms with Gasteiger partial charge in [0.2, 0.25) is 11.8 Å². The standard InChI is InChI=1S/C26H25N3O4/c1-17-11-13-19(14-12-17)29-16-18(15-24(29)30)25(31)27-21-8-4-3-7-20(21)26(32)28-22-9-5-6-10-23(22)33-2/h3-14,18H,15-16H2,1-2H3,(H,27,31)(H,28,32). The van der Waals surface area contributed by atoms with Crippen LogP contribution in [0.15, 0.2) is 72.8 Å². The summed E-state index contributed by atoms with van der Waals surface area (Å²) in [7, 11) is 1.53. The van der Waals surface area contributed by atoms with Gasteiger partial charge < -0.3 is 20.3 Å². The lowest BCUT2D eigenvalue weighted by atomic mass is 10.1. The highest BCUT2D eigenvalue weighted by atomic mass is 16.5. The summed E-state index contributed by atoms with van der Waals surface area (Å²) in [6.45, 7) is 2.27. The molecule has 168 valence electrons. The molecule has 3 amide bonds. The zero-order valence-corrected chi connectivity index (χ0v) is 18.5. The van der Waals surface area contributed by atoms with E-state index < -0.39 is 5.92 Å². The fourth-order valence-electron chi connectivity index (χ4n) is 3.82. The number of anilines is 3. The summed E-state index contributed by atoms with van der Waals surface area (Å²) in [5.74, 6) is -0.743. The van der Waals surface area contributed by atoms with Crippen LogP contribution in [0.25, 0.3) is 0 Å². The van der Waals surface area contributed by atoms with Gasteiger partial charge in [-0.2, -0.15) is 0 Å². The van der Waals surface area contributed by atoms with Crippen molar-refractivity contribution in [2.45, 2.75) is 13.3 Å². The fraction of sp³-hybridized carbons (Fsp3) is 0.192. The number of aryl methyl sites for hydroxylation is 1. The predicted molar refractivity (Wildman–Crippen MR) is 128 cm³/mol. The summed E-state index contributed by atoms with van der Waals surface area (Å²) in [4.78, 5) is 40.1. The molecule has 0 spiro atoms. The molecule has 0 bridgehead atoms. The first-order valence-corrected chi connectivity index (χ1v) is 10.7. The van der Waals surface area contributed by atoms with E-state index in [1.165, 1.54) is 7.11 Å². The zero-order chi connectivity index (χ0) is 23.4. The quantitative estimate of drug-likeness (QED) is 0.596. The van der Waals surface area contributed by atoms with E-state index in [0.717, 1.165) is 11.3 Å². The van der Waals surface area contributed by atoms with Crippen LogP contribution in [-0.4, -0.2) is 31.4 Å². The first-order chi connectivity index (χ1) is 16.0. The third-order valence-electron chi connectivity index (χ3n) is 5.63. The van der Waals surface area contributed by atoms with Crippen molar-refractivity contribution in [3.8, 4) is 5.75 Å². The normalized spacial score (nSPS) is 15.3. The summed E-state index contributed by atoms with van der Waals surface area (Å²) in [5.41, 5.74) is 3.11. The fourth-order valence-corrected chi connectivity index (χ4v) is 3.82. The van der Waals surface area contributed by atoms with Crippen LogP contribution >= 0.6 is 0 Å². The van der Waals surface area contributed by atoms with Crippen molar-refractivity contribution in [3.63, 3.8) is 0 Å². The Morgan fingerprint density at radius 2 is 1.58 bits per heavy atom. The Bertz CT molecular complexity index is 1190. The van der Waals surface area contributed by atoms with Crippen LogP contribution in [0.1, 0.15) is 22.3 Å². The lowest BCUT2D eigenvalue weighted by Crippen LogP contribution is -2.28. The number of amides is 3. The molecule has 2 N–H and O–H groups in total. The maximum atomic E-state index is 13.0. The van der Waals surface area contributed by atoms with Gasteiger partial charge in [0.15, 0.2) is 0 Å². The van der Waals surface area contributed by atoms with E-state index in [9.17, 15) is 14.4 Å². The predicted octanol–water partition coefficient (Wildman–Crippen LogP) is 4.25. The van der Waals surface area contributed by atoms with Crippen LogP contribution in [0.2, 0.25) is 0 Å². The molecular formula is C26H25N3O4. The lowest BCUT2D eigenvalue weighted by Gasteiger charge is -2.17. The molecule has 1 aliphatic rings. The van der Waals surface area contributed by atoms with Gasteiger partial charge in [-0.05, 0) is 43.3 Å². The molecule has 1 atom stereocenters. The van der Waals surface area contributed by atoms with Gasteiger partial charge in [-0.3, -0.25) is 14.4 Å². The van der Waals surface area contributed by atoms with Crippen molar-refractivity contribution in [2.75, 3.05) is 29.2 Å². The Balaban J connectivity index is 1.47. The van der Waals surface area contributed by atoms with Crippen LogP contribution in [-0.2, 0) is 9.59 Å². The molecule has 3 aromatic carbocycles. The van der Waals surface area contributed by atoms with Gasteiger partial charge in [0.25, 0.3) is 5.91 Å². The summed E-state index contributed by atoms with van der Waals surface area (Å²) in [5, 5.41) is 5.66. The molecule has 4 rings (SSSR count). The molecule has 1 saturated heterocycles. The number of hydrogen-bond donors (Lipinski definition) is 2. The molecular weight excluding hydrogens is 418 g/mol. The van der Waals surface area contributed by atoms with Gasteiger partial charge in [0.05, 0.1) is 30.0 Å². The van der Waals surface area contributed by atoms with E-state index in [2.05, 4.69) is 10.6 Å². The average molecular weight is 444 g/mol. The topological polar surface area (TPSA) is 87.7 Å². The summed E-state index contributed by atoms with van der Waals surface area (Å²) in [6.07, 6.45) is 0.120. The second-order valence-corrected chi connectivity index (χ2v) is 7.93. The van der Waals surface area contributed by atoms with E-state index >= 15 is 0 Å². The van der Waals surface area contributed by atoms with Gasteiger partial charge in [-0.15, -0.1) is 0 Å². The van der Waals surface area contributed by atoms with Crippen LogP contribution in [0.5, 0.6) is 5.75 Å². The van der Waals surface area contributed by atoms with Crippen molar-refractivity contribution in [2.24, 2.45) is 5.92 Å². The van der Waals surface area contributed by atoms with Gasteiger partial charge in [0, 0.05) is 18.7 Å². The van der Waals surface area contributed by atoms with Crippen LogP contribution in [0.4, 0.5) is 17.1 Å². The summed E-state index contributed by atoms with van der Waals surface area (Å²) < 4.78 is 5.29. The average Bonchev–Trinajstić information content (AvgIpc) is 3.22. The first kappa shape index (κ1) is 22.1. The van der Waals surface area contributed by atoms with Gasteiger partial charge in [0.1, 0.15) is 5.75 Å². The van der Waals surface area contributed by atoms with Gasteiger partial charge in [-0.25, -0.2) is 0 Å². The molecule has 7 nitrogen and oxygen atoms in total. The number of methoxy groups -OCH3 is 1. The molecule has 1 heterocycles. The highest BCUT2D eigenvalue weighted by Crippen LogP contribution is 2.28. The van der Waals surface area contributed by atoms with Crippen molar-refractivity contribution in [1.29, 1.82) is 0 Å². The smallest absolute Gasteiger partial charge is 0.257 e. The minimum Gasteiger partial charge on any atom is -0.495 e. The molecule has 0 aliphatic carbocycles. The molecule has 0 radical (unpaired) electrons. The number of nitrogens with zero attached hydrogens (tertiary/aromatic N) is 1. The third-order valence-corrected chi connectivity index (χ3v) is 5.63. The number of rotatable bonds is 6. The van der Waals surface area contributed by atoms with Crippen molar-refractivity contribution in [3.05, 3.63) is 83.9 Å². The van der Waals surface area contributed by atoms with Crippen LogP contribution < -0.4 is 20.3 Å². The molecule has 1 unspecified atom stereocenters. The molecule has 33 heavy (non-hydrogen) atoms. The molecule has 1 fully saturated rings. The molecule has 3 aromatic rings. The van der Waals surface area contributed by atoms with Crippen molar-refractivity contribution < 1.29 is 19.1 Å². The van der Waals surface area contributed by atoms with Gasteiger partial charge in [-0.1, -0.05) is 42.0 Å². The number of carbonyl (C=O) groups excluding carboxylic acids is 3. The maximum Gasteiger partial charge on any atom is 0.257 e. The number of benzene rings is 3. The number of nitrogens with one attached hydrogen (secondary N) is 2. The first-order valence-electron chi connectivity index (χ1n) is 10.7. The second kappa shape index (κ2) is 9.56. The van der Waals surface area contributed by atoms with Crippen molar-refractivity contribution >= 4 is 34.8 Å². The Labute approximate surface area is 192 Å². The van der Waals surface area contributed by atoms with E-state index in [1.807, 2.05) is 37.3 Å². The monoisotopic (exact) mass is 443 g/mol. The van der Waals surface area contributed by atoms with E-state index in [-0.39, 0.29) is 24.1 Å². The SMILES string of the molecule is COc1ccccc1NC(=O)c1ccccc1NC(=O)C1CC(=O)N(c2ccc(C)cc2)C1. The third kappa shape index (κ3) is 4.87. The number of carbonyl (C=O) groups is 3. The van der Waals surface area contributed by atoms with E-state index in [0.29, 0.717) is 29.2 Å². The summed E-state index contributed by atoms with van der Waals surface area (Å²) >= 11 is 0. The lowest BCUT2D eigenvalue weighted by molar-refractivity contribution is -0.122. The number of para-hydroxylation sites is 3. The van der Waals surface area contributed by atoms with Crippen molar-refractivity contribution in [1.82, 2.24) is 0 Å². The highest BCUT2D eigenvalue weighted by Gasteiger charge is 2.35. The largest absolute Gasteiger partial charge is 0.495 e. The number of hydrogen-bond acceptors (Lipinski definition) is 4. The Morgan fingerprint density at radius 1 is 0.909 bits per heavy atom. The maximum absolute atomic E-state index is 13.0. The molecule has 1 aliphatic heterocycles. The highest BCUT2D eigenvalue weighted by molar-refractivity contribution is 6.11. The Morgan fingerprint density at radius 3 is 2.30 bits per heavy atom.